The Hall–Kier alpha value is -2.97. The van der Waals surface area contributed by atoms with Gasteiger partial charge in [0.1, 0.15) is 0 Å². The van der Waals surface area contributed by atoms with Crippen LogP contribution < -0.4 is 5.56 Å². The molecule has 2 aromatic carbocycles. The normalized spacial score (nSPS) is 11.5. The first-order valence-corrected chi connectivity index (χ1v) is 13.1. The van der Waals surface area contributed by atoms with Gasteiger partial charge in [-0.2, -0.15) is 0 Å². The lowest BCUT2D eigenvalue weighted by molar-refractivity contribution is 0.594. The first-order valence-electron chi connectivity index (χ1n) is 11.2. The maximum Gasteiger partial charge on any atom is 0.262 e. The lowest BCUT2D eigenvalue weighted by atomic mass is 10.2. The molecule has 6 nitrogen and oxygen atoms in total. The minimum atomic E-state index is 0.00297. The highest BCUT2D eigenvalue weighted by Gasteiger charge is 2.17. The van der Waals surface area contributed by atoms with E-state index in [9.17, 15) is 4.79 Å². The van der Waals surface area contributed by atoms with Gasteiger partial charge in [-0.25, -0.2) is 4.98 Å². The second-order valence-electron chi connectivity index (χ2n) is 7.98. The quantitative estimate of drug-likeness (QED) is 0.206. The largest absolute Gasteiger partial charge is 0.276 e. The Labute approximate surface area is 200 Å². The van der Waals surface area contributed by atoms with Gasteiger partial charge in [0.2, 0.25) is 5.78 Å². The van der Waals surface area contributed by atoms with E-state index in [1.165, 1.54) is 5.56 Å². The Morgan fingerprint density at radius 2 is 1.82 bits per heavy atom. The van der Waals surface area contributed by atoms with E-state index in [0.29, 0.717) is 23.5 Å². The third-order valence-corrected chi connectivity index (χ3v) is 7.47. The number of aryl methyl sites for hydroxylation is 1. The van der Waals surface area contributed by atoms with Crippen LogP contribution in [0.3, 0.4) is 0 Å². The van der Waals surface area contributed by atoms with E-state index in [-0.39, 0.29) is 5.56 Å². The van der Waals surface area contributed by atoms with Crippen LogP contribution in [0.5, 0.6) is 0 Å². The maximum absolute atomic E-state index is 13.1. The summed E-state index contributed by atoms with van der Waals surface area (Å²) in [5.74, 6) is 1.32. The second-order valence-corrected chi connectivity index (χ2v) is 9.87. The van der Waals surface area contributed by atoms with Crippen molar-refractivity contribution < 1.29 is 0 Å². The predicted octanol–water partition coefficient (Wildman–Crippen LogP) is 5.57. The van der Waals surface area contributed by atoms with Gasteiger partial charge in [-0.05, 0) is 24.1 Å². The van der Waals surface area contributed by atoms with Crippen molar-refractivity contribution >= 4 is 39.8 Å². The standard InChI is InChI=1S/C25H25N5OS2/c1-2-3-9-14-29-23(31)20-12-7-8-13-21(20)30-24(29)27-28-25(30)33-17-19-16-32-22(26-19)15-18-10-5-4-6-11-18/h4-8,10-13,16H,2-3,9,14-15,17H2,1H3. The molecular weight excluding hydrogens is 450 g/mol. The van der Waals surface area contributed by atoms with Crippen LogP contribution in [-0.2, 0) is 18.7 Å². The molecule has 0 radical (unpaired) electrons. The van der Waals surface area contributed by atoms with Gasteiger partial charge >= 0.3 is 0 Å². The van der Waals surface area contributed by atoms with Crippen LogP contribution in [0.4, 0.5) is 0 Å². The number of hydrogen-bond donors (Lipinski definition) is 0. The van der Waals surface area contributed by atoms with Crippen molar-refractivity contribution in [2.75, 3.05) is 0 Å². The molecule has 0 N–H and O–H groups in total. The van der Waals surface area contributed by atoms with Gasteiger partial charge in [-0.15, -0.1) is 21.5 Å². The fraction of sp³-hybridized carbons (Fsp3) is 0.280. The number of unbranched alkanes of at least 4 members (excludes halogenated alkanes) is 2. The summed E-state index contributed by atoms with van der Waals surface area (Å²) >= 11 is 3.30. The van der Waals surface area contributed by atoms with Crippen LogP contribution in [0.25, 0.3) is 16.7 Å². The molecule has 0 fully saturated rings. The lowest BCUT2D eigenvalue weighted by Crippen LogP contribution is -2.23. The molecule has 0 spiro atoms. The summed E-state index contributed by atoms with van der Waals surface area (Å²) in [6, 6.07) is 18.1. The van der Waals surface area contributed by atoms with E-state index in [1.807, 2.05) is 34.7 Å². The minimum absolute atomic E-state index is 0.00297. The van der Waals surface area contributed by atoms with Crippen LogP contribution in [0.15, 0.2) is 69.9 Å². The molecule has 0 saturated carbocycles. The fourth-order valence-corrected chi connectivity index (χ4v) is 5.72. The van der Waals surface area contributed by atoms with E-state index in [2.05, 4.69) is 46.8 Å². The summed E-state index contributed by atoms with van der Waals surface area (Å²) in [5.41, 5.74) is 3.15. The Balaban J connectivity index is 1.43. The maximum atomic E-state index is 13.1. The van der Waals surface area contributed by atoms with E-state index in [0.717, 1.165) is 47.1 Å². The average Bonchev–Trinajstić information content (AvgIpc) is 3.47. The van der Waals surface area contributed by atoms with Gasteiger partial charge in [0.25, 0.3) is 5.56 Å². The van der Waals surface area contributed by atoms with Gasteiger partial charge in [-0.3, -0.25) is 13.8 Å². The zero-order chi connectivity index (χ0) is 22.6. The average molecular weight is 476 g/mol. The number of thiazole rings is 1. The summed E-state index contributed by atoms with van der Waals surface area (Å²) in [7, 11) is 0. The Bertz CT molecular complexity index is 1440. The summed E-state index contributed by atoms with van der Waals surface area (Å²) in [6.07, 6.45) is 3.98. The molecule has 0 aliphatic carbocycles. The Kier molecular flexibility index (Phi) is 6.55. The van der Waals surface area contributed by atoms with E-state index in [1.54, 1.807) is 27.7 Å². The Morgan fingerprint density at radius 3 is 2.67 bits per heavy atom. The number of para-hydroxylation sites is 1. The summed E-state index contributed by atoms with van der Waals surface area (Å²) in [6.45, 7) is 2.81. The topological polar surface area (TPSA) is 65.1 Å². The molecule has 3 heterocycles. The molecule has 0 atom stereocenters. The second kappa shape index (κ2) is 9.89. The van der Waals surface area contributed by atoms with Crippen molar-refractivity contribution in [3.8, 4) is 0 Å². The van der Waals surface area contributed by atoms with E-state index < -0.39 is 0 Å². The van der Waals surface area contributed by atoms with Crippen molar-refractivity contribution in [1.82, 2.24) is 24.1 Å². The van der Waals surface area contributed by atoms with E-state index >= 15 is 0 Å². The number of benzene rings is 2. The number of thioether (sulfide) groups is 1. The SMILES string of the molecule is CCCCCn1c(=O)c2ccccc2n2c(SCc3csc(Cc4ccccc4)n3)nnc12. The molecular formula is C25H25N5OS2. The molecule has 0 saturated heterocycles. The zero-order valence-electron chi connectivity index (χ0n) is 18.5. The number of nitrogens with zero attached hydrogens (tertiary/aromatic N) is 5. The van der Waals surface area contributed by atoms with Gasteiger partial charge in [0, 0.05) is 24.1 Å². The minimum Gasteiger partial charge on any atom is -0.276 e. The third-order valence-electron chi connectivity index (χ3n) is 5.61. The highest BCUT2D eigenvalue weighted by molar-refractivity contribution is 7.98. The number of aromatic nitrogens is 5. The van der Waals surface area contributed by atoms with Gasteiger partial charge < -0.3 is 0 Å². The zero-order valence-corrected chi connectivity index (χ0v) is 20.1. The number of fused-ring (bicyclic) bond motifs is 3. The highest BCUT2D eigenvalue weighted by Crippen LogP contribution is 2.26. The molecule has 0 aliphatic heterocycles. The smallest absolute Gasteiger partial charge is 0.262 e. The van der Waals surface area contributed by atoms with Crippen LogP contribution >= 0.6 is 23.1 Å². The van der Waals surface area contributed by atoms with E-state index in [4.69, 9.17) is 4.98 Å². The predicted molar refractivity (Wildman–Crippen MR) is 135 cm³/mol. The first kappa shape index (κ1) is 21.9. The molecule has 5 rings (SSSR count). The number of rotatable bonds is 9. The van der Waals surface area contributed by atoms with Gasteiger partial charge in [0.15, 0.2) is 5.16 Å². The van der Waals surface area contributed by atoms with Crippen LogP contribution in [0.1, 0.15) is 42.5 Å². The molecule has 5 aromatic rings. The molecule has 0 aliphatic rings. The van der Waals surface area contributed by atoms with Crippen LogP contribution in [0.2, 0.25) is 0 Å². The van der Waals surface area contributed by atoms with Crippen LogP contribution in [-0.4, -0.2) is 24.1 Å². The third kappa shape index (κ3) is 4.58. The first-order chi connectivity index (χ1) is 16.2. The molecule has 3 aromatic heterocycles. The van der Waals surface area contributed by atoms with Crippen molar-refractivity contribution in [3.63, 3.8) is 0 Å². The Morgan fingerprint density at radius 1 is 1.00 bits per heavy atom. The van der Waals surface area contributed by atoms with Gasteiger partial charge in [0.05, 0.1) is 21.6 Å². The molecule has 0 bridgehead atoms. The van der Waals surface area contributed by atoms with Crippen molar-refractivity contribution in [3.05, 3.63) is 86.6 Å². The van der Waals surface area contributed by atoms with Crippen molar-refractivity contribution in [2.24, 2.45) is 0 Å². The molecule has 0 amide bonds. The molecule has 8 heteroatoms. The monoisotopic (exact) mass is 475 g/mol. The van der Waals surface area contributed by atoms with Crippen molar-refractivity contribution in [2.45, 2.75) is 50.1 Å². The molecule has 168 valence electrons. The fourth-order valence-electron chi connectivity index (χ4n) is 3.95. The van der Waals surface area contributed by atoms with Gasteiger partial charge in [-0.1, -0.05) is 74.0 Å². The van der Waals surface area contributed by atoms with Crippen molar-refractivity contribution in [1.29, 1.82) is 0 Å². The summed E-state index contributed by atoms with van der Waals surface area (Å²) in [5, 5.41) is 13.6. The molecule has 33 heavy (non-hydrogen) atoms. The summed E-state index contributed by atoms with van der Waals surface area (Å²) < 4.78 is 3.79. The van der Waals surface area contributed by atoms with Crippen LogP contribution in [0, 0.1) is 0 Å². The lowest BCUT2D eigenvalue weighted by Gasteiger charge is -2.11. The molecule has 0 unspecified atom stereocenters. The summed E-state index contributed by atoms with van der Waals surface area (Å²) in [4.78, 5) is 18.0. The number of hydrogen-bond acceptors (Lipinski definition) is 6. The highest BCUT2D eigenvalue weighted by atomic mass is 32.2.